The Morgan fingerprint density at radius 2 is 1.82 bits per heavy atom. The van der Waals surface area contributed by atoms with Gasteiger partial charge in [-0.05, 0) is 31.8 Å². The number of hydrogen-bond donors (Lipinski definition) is 1. The van der Waals surface area contributed by atoms with Gasteiger partial charge in [-0.15, -0.1) is 0 Å². The molecule has 1 rings (SSSR count). The zero-order valence-corrected chi connectivity index (χ0v) is 13.1. The standard InChI is InChI=1S/C14H23F3N2O3/c1-9(2)11(13(21)22-3)18-12(20)10-4-6-19(7-5-10)8-14(15,16)17/h9-11H,4-8H2,1-3H3,(H,18,20). The van der Waals surface area contributed by atoms with Gasteiger partial charge in [-0.25, -0.2) is 4.79 Å². The van der Waals surface area contributed by atoms with Crippen molar-refractivity contribution >= 4 is 11.9 Å². The number of carbonyl (C=O) groups excluding carboxylic acids is 2. The molecule has 0 aromatic carbocycles. The van der Waals surface area contributed by atoms with E-state index in [0.29, 0.717) is 12.8 Å². The van der Waals surface area contributed by atoms with E-state index in [-0.39, 0.29) is 30.8 Å². The minimum absolute atomic E-state index is 0.123. The summed E-state index contributed by atoms with van der Waals surface area (Å²) in [5.41, 5.74) is 0. The minimum Gasteiger partial charge on any atom is -0.467 e. The zero-order chi connectivity index (χ0) is 16.9. The second-order valence-electron chi connectivity index (χ2n) is 5.92. The monoisotopic (exact) mass is 324 g/mol. The highest BCUT2D eigenvalue weighted by molar-refractivity contribution is 5.85. The van der Waals surface area contributed by atoms with Crippen LogP contribution in [0, 0.1) is 11.8 Å². The van der Waals surface area contributed by atoms with Gasteiger partial charge >= 0.3 is 12.1 Å². The zero-order valence-electron chi connectivity index (χ0n) is 13.1. The number of halogens is 3. The summed E-state index contributed by atoms with van der Waals surface area (Å²) in [5, 5.41) is 2.65. The Bertz CT molecular complexity index is 391. The van der Waals surface area contributed by atoms with E-state index in [9.17, 15) is 22.8 Å². The third-order valence-corrected chi connectivity index (χ3v) is 3.78. The summed E-state index contributed by atoms with van der Waals surface area (Å²) in [6.07, 6.45) is -3.51. The molecular formula is C14H23F3N2O3. The number of amides is 1. The molecule has 1 unspecified atom stereocenters. The summed E-state index contributed by atoms with van der Waals surface area (Å²) < 4.78 is 41.6. The first-order chi connectivity index (χ1) is 10.1. The maximum atomic E-state index is 12.3. The van der Waals surface area contributed by atoms with Crippen molar-refractivity contribution in [1.29, 1.82) is 0 Å². The third kappa shape index (κ3) is 5.82. The molecule has 0 spiro atoms. The van der Waals surface area contributed by atoms with E-state index >= 15 is 0 Å². The van der Waals surface area contributed by atoms with Gasteiger partial charge in [0.1, 0.15) is 6.04 Å². The van der Waals surface area contributed by atoms with Crippen molar-refractivity contribution in [2.75, 3.05) is 26.7 Å². The van der Waals surface area contributed by atoms with Crippen molar-refractivity contribution in [3.05, 3.63) is 0 Å². The lowest BCUT2D eigenvalue weighted by Crippen LogP contribution is -2.49. The Kier molecular flexibility index (Phi) is 6.65. The molecule has 5 nitrogen and oxygen atoms in total. The molecule has 0 aromatic heterocycles. The van der Waals surface area contributed by atoms with Gasteiger partial charge in [-0.2, -0.15) is 13.2 Å². The van der Waals surface area contributed by atoms with Gasteiger partial charge in [-0.1, -0.05) is 13.8 Å². The van der Waals surface area contributed by atoms with E-state index in [1.54, 1.807) is 13.8 Å². The molecule has 0 aromatic rings. The number of rotatable bonds is 5. The second kappa shape index (κ2) is 7.80. The predicted octanol–water partition coefficient (Wildman–Crippen LogP) is 1.57. The Labute approximate surface area is 128 Å². The summed E-state index contributed by atoms with van der Waals surface area (Å²) in [4.78, 5) is 25.1. The van der Waals surface area contributed by atoms with E-state index in [4.69, 9.17) is 0 Å². The highest BCUT2D eigenvalue weighted by Gasteiger charge is 2.35. The molecule has 1 N–H and O–H groups in total. The molecule has 0 bridgehead atoms. The van der Waals surface area contributed by atoms with E-state index < -0.39 is 24.7 Å². The number of piperidine rings is 1. The number of nitrogens with zero attached hydrogens (tertiary/aromatic N) is 1. The molecule has 0 saturated carbocycles. The molecule has 22 heavy (non-hydrogen) atoms. The van der Waals surface area contributed by atoms with Gasteiger partial charge in [0, 0.05) is 5.92 Å². The van der Waals surface area contributed by atoms with Crippen molar-refractivity contribution in [1.82, 2.24) is 10.2 Å². The molecular weight excluding hydrogens is 301 g/mol. The van der Waals surface area contributed by atoms with Gasteiger partial charge in [0.15, 0.2) is 0 Å². The summed E-state index contributed by atoms with van der Waals surface area (Å²) in [6.45, 7) is 3.07. The van der Waals surface area contributed by atoms with E-state index in [2.05, 4.69) is 10.1 Å². The minimum atomic E-state index is -4.22. The van der Waals surface area contributed by atoms with Crippen LogP contribution in [0.5, 0.6) is 0 Å². The Morgan fingerprint density at radius 3 is 2.23 bits per heavy atom. The Balaban J connectivity index is 2.50. The molecule has 1 saturated heterocycles. The lowest BCUT2D eigenvalue weighted by atomic mass is 9.94. The summed E-state index contributed by atoms with van der Waals surface area (Å²) in [7, 11) is 1.25. The quantitative estimate of drug-likeness (QED) is 0.780. The molecule has 0 aliphatic carbocycles. The fourth-order valence-electron chi connectivity index (χ4n) is 2.50. The first-order valence-electron chi connectivity index (χ1n) is 7.31. The molecule has 8 heteroatoms. The SMILES string of the molecule is COC(=O)C(NC(=O)C1CCN(CC(F)(F)F)CC1)C(C)C. The predicted molar refractivity (Wildman–Crippen MR) is 74.0 cm³/mol. The Hall–Kier alpha value is -1.31. The molecule has 1 atom stereocenters. The molecule has 1 aliphatic heterocycles. The van der Waals surface area contributed by atoms with Crippen LogP contribution in [0.2, 0.25) is 0 Å². The van der Waals surface area contributed by atoms with E-state index in [1.807, 2.05) is 0 Å². The number of esters is 1. The normalized spacial score (nSPS) is 19.0. The van der Waals surface area contributed by atoms with Crippen LogP contribution in [0.4, 0.5) is 13.2 Å². The van der Waals surface area contributed by atoms with Crippen molar-refractivity contribution in [2.24, 2.45) is 11.8 Å². The van der Waals surface area contributed by atoms with Crippen LogP contribution in [-0.4, -0.2) is 55.7 Å². The van der Waals surface area contributed by atoms with Gasteiger partial charge in [0.25, 0.3) is 0 Å². The number of nitrogens with one attached hydrogen (secondary N) is 1. The van der Waals surface area contributed by atoms with Crippen LogP contribution >= 0.6 is 0 Å². The maximum absolute atomic E-state index is 12.3. The summed E-state index contributed by atoms with van der Waals surface area (Å²) in [5.74, 6) is -1.30. The number of carbonyl (C=O) groups is 2. The fraction of sp³-hybridized carbons (Fsp3) is 0.857. The van der Waals surface area contributed by atoms with Crippen LogP contribution in [0.1, 0.15) is 26.7 Å². The van der Waals surface area contributed by atoms with E-state index in [0.717, 1.165) is 0 Å². The average molecular weight is 324 g/mol. The third-order valence-electron chi connectivity index (χ3n) is 3.78. The molecule has 1 fully saturated rings. The molecule has 1 heterocycles. The van der Waals surface area contributed by atoms with Crippen molar-refractivity contribution < 1.29 is 27.5 Å². The van der Waals surface area contributed by atoms with Crippen LogP contribution in [-0.2, 0) is 14.3 Å². The van der Waals surface area contributed by atoms with Gasteiger partial charge in [-0.3, -0.25) is 9.69 Å². The smallest absolute Gasteiger partial charge is 0.401 e. The first kappa shape index (κ1) is 18.7. The van der Waals surface area contributed by atoms with Crippen molar-refractivity contribution in [3.63, 3.8) is 0 Å². The fourth-order valence-corrected chi connectivity index (χ4v) is 2.50. The van der Waals surface area contributed by atoms with Crippen LogP contribution in [0.15, 0.2) is 0 Å². The number of ether oxygens (including phenoxy) is 1. The lowest BCUT2D eigenvalue weighted by Gasteiger charge is -2.32. The largest absolute Gasteiger partial charge is 0.467 e. The van der Waals surface area contributed by atoms with Gasteiger partial charge < -0.3 is 10.1 Å². The van der Waals surface area contributed by atoms with E-state index in [1.165, 1.54) is 12.0 Å². The first-order valence-corrected chi connectivity index (χ1v) is 7.31. The number of likely N-dealkylation sites (tertiary alicyclic amines) is 1. The summed E-state index contributed by atoms with van der Waals surface area (Å²) in [6, 6.07) is -0.731. The molecule has 1 aliphatic rings. The number of alkyl halides is 3. The molecule has 128 valence electrons. The number of methoxy groups -OCH3 is 1. The van der Waals surface area contributed by atoms with Gasteiger partial charge in [0.05, 0.1) is 13.7 Å². The van der Waals surface area contributed by atoms with Crippen LogP contribution < -0.4 is 5.32 Å². The molecule has 1 amide bonds. The topological polar surface area (TPSA) is 58.6 Å². The highest BCUT2D eigenvalue weighted by Crippen LogP contribution is 2.23. The highest BCUT2D eigenvalue weighted by atomic mass is 19.4. The van der Waals surface area contributed by atoms with Crippen LogP contribution in [0.25, 0.3) is 0 Å². The Morgan fingerprint density at radius 1 is 1.27 bits per heavy atom. The van der Waals surface area contributed by atoms with Gasteiger partial charge in [0.2, 0.25) is 5.91 Å². The number of hydrogen-bond acceptors (Lipinski definition) is 4. The van der Waals surface area contributed by atoms with Crippen molar-refractivity contribution in [2.45, 2.75) is 38.9 Å². The average Bonchev–Trinajstić information content (AvgIpc) is 2.42. The van der Waals surface area contributed by atoms with Crippen molar-refractivity contribution in [3.8, 4) is 0 Å². The van der Waals surface area contributed by atoms with Crippen LogP contribution in [0.3, 0.4) is 0 Å². The maximum Gasteiger partial charge on any atom is 0.401 e. The summed E-state index contributed by atoms with van der Waals surface area (Å²) >= 11 is 0. The molecule has 0 radical (unpaired) electrons. The lowest BCUT2D eigenvalue weighted by molar-refractivity contribution is -0.151. The second-order valence-corrected chi connectivity index (χ2v) is 5.92.